The van der Waals surface area contributed by atoms with Crippen molar-refractivity contribution in [3.8, 4) is 17.2 Å². The Labute approximate surface area is 219 Å². The van der Waals surface area contributed by atoms with Crippen LogP contribution in [-0.4, -0.2) is 76.4 Å². The van der Waals surface area contributed by atoms with Crippen molar-refractivity contribution in [2.75, 3.05) is 60.7 Å². The Morgan fingerprint density at radius 2 is 1.65 bits per heavy atom. The highest BCUT2D eigenvalue weighted by atomic mass is 35.5. The van der Waals surface area contributed by atoms with Gasteiger partial charge < -0.3 is 28.3 Å². The number of morpholine rings is 1. The van der Waals surface area contributed by atoms with Crippen LogP contribution in [0.2, 0.25) is 5.02 Å². The van der Waals surface area contributed by atoms with E-state index < -0.39 is 6.04 Å². The van der Waals surface area contributed by atoms with Crippen molar-refractivity contribution in [3.05, 3.63) is 62.0 Å². The van der Waals surface area contributed by atoms with E-state index in [0.29, 0.717) is 65.1 Å². The molecule has 1 aromatic heterocycles. The fourth-order valence-electron chi connectivity index (χ4n) is 5.05. The van der Waals surface area contributed by atoms with E-state index in [-0.39, 0.29) is 22.7 Å². The Kier molecular flexibility index (Phi) is 7.02. The molecule has 37 heavy (non-hydrogen) atoms. The van der Waals surface area contributed by atoms with Gasteiger partial charge in [-0.25, -0.2) is 0 Å². The van der Waals surface area contributed by atoms with E-state index in [4.69, 9.17) is 35.0 Å². The first-order valence-electron chi connectivity index (χ1n) is 12.1. The first-order chi connectivity index (χ1) is 17.9. The summed E-state index contributed by atoms with van der Waals surface area (Å²) in [4.78, 5) is 31.6. The van der Waals surface area contributed by atoms with Gasteiger partial charge in [0.15, 0.2) is 16.9 Å². The summed E-state index contributed by atoms with van der Waals surface area (Å²) >= 11 is 6.35. The summed E-state index contributed by atoms with van der Waals surface area (Å²) in [6.07, 6.45) is 0. The Balaban J connectivity index is 1.68. The van der Waals surface area contributed by atoms with Crippen molar-refractivity contribution in [2.45, 2.75) is 13.0 Å². The van der Waals surface area contributed by atoms with Gasteiger partial charge in [0.2, 0.25) is 11.5 Å². The molecule has 5 rings (SSSR count). The molecule has 2 aliphatic rings. The zero-order valence-electron chi connectivity index (χ0n) is 21.3. The van der Waals surface area contributed by atoms with Crippen LogP contribution < -0.4 is 19.6 Å². The number of hydrogen-bond donors (Lipinski definition) is 0. The van der Waals surface area contributed by atoms with Crippen molar-refractivity contribution in [1.82, 2.24) is 9.80 Å². The van der Waals surface area contributed by atoms with Crippen LogP contribution in [0.4, 0.5) is 0 Å². The van der Waals surface area contributed by atoms with E-state index in [1.807, 2.05) is 6.92 Å². The number of rotatable bonds is 7. The molecule has 0 radical (unpaired) electrons. The first kappa shape index (κ1) is 25.4. The molecule has 1 saturated heterocycles. The molecular formula is C27H29ClN2O7. The number of carbonyl (C=O) groups excluding carboxylic acids is 1. The van der Waals surface area contributed by atoms with Crippen LogP contribution in [0.5, 0.6) is 17.2 Å². The average molecular weight is 529 g/mol. The molecule has 0 spiro atoms. The van der Waals surface area contributed by atoms with Gasteiger partial charge in [0.25, 0.3) is 5.91 Å². The smallest absolute Gasteiger partial charge is 0.290 e. The predicted molar refractivity (Wildman–Crippen MR) is 138 cm³/mol. The summed E-state index contributed by atoms with van der Waals surface area (Å²) < 4.78 is 28.2. The molecule has 0 aliphatic carbocycles. The van der Waals surface area contributed by atoms with Gasteiger partial charge in [0.1, 0.15) is 5.58 Å². The molecule has 1 fully saturated rings. The SMILES string of the molecule is COc1cc(C2c3c(oc4cc(C)c(Cl)cc4c3=O)C(=O)N2CCN2CCOCC2)cc(OC)c1OC. The van der Waals surface area contributed by atoms with Crippen LogP contribution in [0.1, 0.15) is 33.3 Å². The highest BCUT2D eigenvalue weighted by Gasteiger charge is 2.43. The number of benzene rings is 2. The number of fused-ring (bicyclic) bond motifs is 2. The molecule has 2 aliphatic heterocycles. The molecule has 0 bridgehead atoms. The van der Waals surface area contributed by atoms with Gasteiger partial charge in [-0.2, -0.15) is 0 Å². The lowest BCUT2D eigenvalue weighted by Crippen LogP contribution is -2.42. The zero-order valence-corrected chi connectivity index (χ0v) is 22.0. The van der Waals surface area contributed by atoms with E-state index in [1.54, 1.807) is 29.2 Å². The standard InChI is InChI=1S/C27H29ClN2O7/c1-15-11-19-17(14-18(15)28)24(31)22-23(16-12-20(33-2)25(35-4)21(13-16)34-3)30(27(32)26(22)37-19)6-5-29-7-9-36-10-8-29/h11-14,23H,5-10H2,1-4H3. The van der Waals surface area contributed by atoms with Crippen molar-refractivity contribution >= 4 is 28.5 Å². The highest BCUT2D eigenvalue weighted by molar-refractivity contribution is 6.32. The number of nitrogens with zero attached hydrogens (tertiary/aromatic N) is 2. The van der Waals surface area contributed by atoms with Crippen molar-refractivity contribution in [3.63, 3.8) is 0 Å². The van der Waals surface area contributed by atoms with E-state index in [9.17, 15) is 9.59 Å². The fraction of sp³-hybridized carbons (Fsp3) is 0.407. The Hall–Kier alpha value is -3.27. The molecule has 3 heterocycles. The van der Waals surface area contributed by atoms with E-state index >= 15 is 0 Å². The van der Waals surface area contributed by atoms with Gasteiger partial charge in [-0.3, -0.25) is 14.5 Å². The second kappa shape index (κ2) is 10.2. The summed E-state index contributed by atoms with van der Waals surface area (Å²) in [5, 5.41) is 0.784. The maximum Gasteiger partial charge on any atom is 0.290 e. The van der Waals surface area contributed by atoms with Gasteiger partial charge in [0, 0.05) is 31.2 Å². The minimum absolute atomic E-state index is 0.0416. The van der Waals surface area contributed by atoms with Gasteiger partial charge in [-0.05, 0) is 42.3 Å². The lowest BCUT2D eigenvalue weighted by molar-refractivity contribution is 0.0314. The summed E-state index contributed by atoms with van der Waals surface area (Å²) in [7, 11) is 4.57. The lowest BCUT2D eigenvalue weighted by Gasteiger charge is -2.31. The summed E-state index contributed by atoms with van der Waals surface area (Å²) in [5.41, 5.74) is 1.71. The van der Waals surface area contributed by atoms with Crippen LogP contribution in [0, 0.1) is 6.92 Å². The van der Waals surface area contributed by atoms with Gasteiger partial charge in [-0.1, -0.05) is 11.6 Å². The first-order valence-corrected chi connectivity index (χ1v) is 12.4. The second-order valence-electron chi connectivity index (χ2n) is 9.09. The van der Waals surface area contributed by atoms with Crippen LogP contribution in [0.25, 0.3) is 11.0 Å². The third kappa shape index (κ3) is 4.41. The highest BCUT2D eigenvalue weighted by Crippen LogP contribution is 2.45. The van der Waals surface area contributed by atoms with Gasteiger partial charge in [-0.15, -0.1) is 0 Å². The number of aryl methyl sites for hydroxylation is 1. The molecule has 9 nitrogen and oxygen atoms in total. The lowest BCUT2D eigenvalue weighted by atomic mass is 9.97. The molecule has 0 saturated carbocycles. The minimum atomic E-state index is -0.710. The molecule has 1 unspecified atom stereocenters. The maximum absolute atomic E-state index is 13.9. The van der Waals surface area contributed by atoms with Crippen LogP contribution >= 0.6 is 11.6 Å². The van der Waals surface area contributed by atoms with E-state index in [0.717, 1.165) is 18.7 Å². The van der Waals surface area contributed by atoms with Crippen molar-refractivity contribution in [1.29, 1.82) is 0 Å². The molecule has 10 heteroatoms. The quantitative estimate of drug-likeness (QED) is 0.459. The van der Waals surface area contributed by atoms with E-state index in [2.05, 4.69) is 4.90 Å². The van der Waals surface area contributed by atoms with Crippen molar-refractivity contribution in [2.24, 2.45) is 0 Å². The number of carbonyl (C=O) groups is 1. The van der Waals surface area contributed by atoms with Crippen LogP contribution in [0.3, 0.4) is 0 Å². The predicted octanol–water partition coefficient (Wildman–Crippen LogP) is 3.66. The Morgan fingerprint density at radius 1 is 0.973 bits per heavy atom. The molecule has 1 atom stereocenters. The number of hydrogen-bond acceptors (Lipinski definition) is 8. The number of halogens is 1. The average Bonchev–Trinajstić information content (AvgIpc) is 3.19. The zero-order chi connectivity index (χ0) is 26.3. The summed E-state index contributed by atoms with van der Waals surface area (Å²) in [6.45, 7) is 5.70. The largest absolute Gasteiger partial charge is 0.493 e. The normalized spacial score (nSPS) is 17.8. The topological polar surface area (TPSA) is 90.7 Å². The molecule has 2 aromatic carbocycles. The van der Waals surface area contributed by atoms with Gasteiger partial charge in [0.05, 0.1) is 51.5 Å². The number of amides is 1. The minimum Gasteiger partial charge on any atom is -0.493 e. The molecule has 196 valence electrons. The maximum atomic E-state index is 13.9. The second-order valence-corrected chi connectivity index (χ2v) is 9.49. The van der Waals surface area contributed by atoms with Crippen LogP contribution in [0.15, 0.2) is 33.5 Å². The third-order valence-corrected chi connectivity index (χ3v) is 7.42. The van der Waals surface area contributed by atoms with Crippen LogP contribution in [-0.2, 0) is 4.74 Å². The molecular weight excluding hydrogens is 500 g/mol. The summed E-state index contributed by atoms with van der Waals surface area (Å²) in [5.74, 6) is 0.976. The third-order valence-electron chi connectivity index (χ3n) is 7.01. The fourth-order valence-corrected chi connectivity index (χ4v) is 5.21. The van der Waals surface area contributed by atoms with Gasteiger partial charge >= 0.3 is 0 Å². The Morgan fingerprint density at radius 3 is 2.27 bits per heavy atom. The van der Waals surface area contributed by atoms with Crippen molar-refractivity contribution < 1.29 is 28.2 Å². The number of ether oxygens (including phenoxy) is 4. The summed E-state index contributed by atoms with van der Waals surface area (Å²) in [6, 6.07) is 6.12. The molecule has 3 aromatic rings. The number of methoxy groups -OCH3 is 3. The molecule has 1 amide bonds. The molecule has 0 N–H and O–H groups in total. The van der Waals surface area contributed by atoms with E-state index in [1.165, 1.54) is 21.3 Å². The monoisotopic (exact) mass is 528 g/mol. The Bertz CT molecular complexity index is 1390.